The molecular weight excluding hydrogens is 739 g/mol. The lowest BCUT2D eigenvalue weighted by atomic mass is 9.91. The van der Waals surface area contributed by atoms with Gasteiger partial charge < -0.3 is 29.4 Å². The van der Waals surface area contributed by atoms with E-state index in [0.29, 0.717) is 25.1 Å². The van der Waals surface area contributed by atoms with Crippen LogP contribution in [0.4, 0.5) is 4.79 Å². The third-order valence-electron chi connectivity index (χ3n) is 9.37. The molecule has 12 nitrogen and oxygen atoms in total. The van der Waals surface area contributed by atoms with Gasteiger partial charge in [-0.3, -0.25) is 14.7 Å². The molecule has 0 aliphatic rings. The summed E-state index contributed by atoms with van der Waals surface area (Å²) in [6.07, 6.45) is -1.05. The Morgan fingerprint density at radius 3 is 1.74 bits per heavy atom. The number of aliphatic hydroxyl groups excluding tert-OH is 1. The van der Waals surface area contributed by atoms with Gasteiger partial charge in [-0.05, 0) is 69.4 Å². The second kappa shape index (κ2) is 21.8. The van der Waals surface area contributed by atoms with Crippen molar-refractivity contribution in [2.24, 2.45) is 11.8 Å². The Hall–Kier alpha value is -5.59. The summed E-state index contributed by atoms with van der Waals surface area (Å²) in [7, 11) is 0. The first-order valence-corrected chi connectivity index (χ1v) is 19.6. The predicted octanol–water partition coefficient (Wildman–Crippen LogP) is 6.83. The van der Waals surface area contributed by atoms with Crippen LogP contribution in [0.5, 0.6) is 0 Å². The zero-order valence-corrected chi connectivity index (χ0v) is 34.4. The molecule has 0 saturated heterocycles. The number of hydrogen-bond acceptors (Lipinski definition) is 11. The van der Waals surface area contributed by atoms with Crippen LogP contribution in [0, 0.1) is 11.8 Å². The smallest absolute Gasteiger partial charge is 0.408 e. The van der Waals surface area contributed by atoms with E-state index in [2.05, 4.69) is 15.2 Å². The van der Waals surface area contributed by atoms with Crippen molar-refractivity contribution in [1.82, 2.24) is 15.2 Å². The molecule has 1 heterocycles. The number of nitrogens with one attached hydrogen (secondary N) is 1. The molecule has 1 amide bonds. The van der Waals surface area contributed by atoms with Gasteiger partial charge in [0, 0.05) is 37.4 Å². The van der Waals surface area contributed by atoms with E-state index in [1.807, 2.05) is 78.9 Å². The van der Waals surface area contributed by atoms with Crippen molar-refractivity contribution < 1.29 is 43.2 Å². The average Bonchev–Trinajstić information content (AvgIpc) is 3.20. The summed E-state index contributed by atoms with van der Waals surface area (Å²) in [6.45, 7) is 12.2. The van der Waals surface area contributed by atoms with Crippen LogP contribution < -0.4 is 5.32 Å². The number of alkyl carbamates (subject to hydrolysis) is 1. The lowest BCUT2D eigenvalue weighted by Crippen LogP contribution is -2.52. The standard InChI is InChI=1S/C46H57N3O9/c1-31(2)41(44(53)56-33(4)39(48-45(54)58-46(5,6)7)43(52)55-30-36-22-15-10-16-23-36)57-42(51)32(3)40(50)38(26-37-24-17-25-47-27-37)49(28-34-18-11-8-12-19-34)29-35-20-13-9-14-21-35/h8-25,27,31-33,38-41,50H,26,28-30H2,1-7H3,(H,48,54)/t32-,33-,38+,39+,40+,41-/m1/s1. The van der Waals surface area contributed by atoms with Crippen LogP contribution in [-0.2, 0) is 59.4 Å². The first kappa shape index (κ1) is 45.1. The molecule has 0 radical (unpaired) electrons. The van der Waals surface area contributed by atoms with Crippen LogP contribution in [0.15, 0.2) is 116 Å². The molecule has 2 N–H and O–H groups in total. The van der Waals surface area contributed by atoms with Gasteiger partial charge in [0.1, 0.15) is 18.3 Å². The number of carbonyl (C=O) groups is 4. The Kier molecular flexibility index (Phi) is 17.0. The van der Waals surface area contributed by atoms with Crippen LogP contribution >= 0.6 is 0 Å². The summed E-state index contributed by atoms with van der Waals surface area (Å²) in [5, 5.41) is 14.6. The molecule has 0 aliphatic carbocycles. The highest BCUT2D eigenvalue weighted by Gasteiger charge is 2.40. The van der Waals surface area contributed by atoms with Crippen molar-refractivity contribution in [2.75, 3.05) is 0 Å². The van der Waals surface area contributed by atoms with E-state index in [4.69, 9.17) is 18.9 Å². The topological polar surface area (TPSA) is 154 Å². The van der Waals surface area contributed by atoms with Crippen molar-refractivity contribution >= 4 is 24.0 Å². The zero-order chi connectivity index (χ0) is 42.2. The fourth-order valence-corrected chi connectivity index (χ4v) is 6.25. The van der Waals surface area contributed by atoms with Crippen molar-refractivity contribution in [3.63, 3.8) is 0 Å². The number of pyridine rings is 1. The fourth-order valence-electron chi connectivity index (χ4n) is 6.25. The van der Waals surface area contributed by atoms with Gasteiger partial charge in [-0.15, -0.1) is 0 Å². The number of aromatic nitrogens is 1. The summed E-state index contributed by atoms with van der Waals surface area (Å²) in [4.78, 5) is 60.3. The van der Waals surface area contributed by atoms with Crippen LogP contribution in [-0.4, -0.2) is 75.0 Å². The number of ether oxygens (including phenoxy) is 4. The van der Waals surface area contributed by atoms with Gasteiger partial charge in [0.25, 0.3) is 0 Å². The molecule has 310 valence electrons. The molecule has 0 spiro atoms. The van der Waals surface area contributed by atoms with Crippen molar-refractivity contribution in [3.8, 4) is 0 Å². The minimum Gasteiger partial charge on any atom is -0.459 e. The van der Waals surface area contributed by atoms with Crippen LogP contribution in [0.1, 0.15) is 70.7 Å². The first-order chi connectivity index (χ1) is 27.6. The predicted molar refractivity (Wildman–Crippen MR) is 219 cm³/mol. The number of hydrogen-bond donors (Lipinski definition) is 2. The summed E-state index contributed by atoms with van der Waals surface area (Å²) >= 11 is 0. The number of carbonyl (C=O) groups excluding carboxylic acids is 4. The molecule has 0 fully saturated rings. The molecule has 0 aliphatic heterocycles. The van der Waals surface area contributed by atoms with Crippen LogP contribution in [0.2, 0.25) is 0 Å². The lowest BCUT2D eigenvalue weighted by Gasteiger charge is -2.37. The molecule has 0 saturated carbocycles. The van der Waals surface area contributed by atoms with E-state index in [1.54, 1.807) is 78.2 Å². The highest BCUT2D eigenvalue weighted by atomic mass is 16.6. The third kappa shape index (κ3) is 14.4. The Labute approximate surface area is 341 Å². The van der Waals surface area contributed by atoms with Gasteiger partial charge in [0.2, 0.25) is 6.10 Å². The second-order valence-corrected chi connectivity index (χ2v) is 15.7. The molecule has 58 heavy (non-hydrogen) atoms. The Balaban J connectivity index is 1.54. The Bertz CT molecular complexity index is 1830. The van der Waals surface area contributed by atoms with E-state index in [-0.39, 0.29) is 6.61 Å². The normalized spacial score (nSPS) is 14.7. The van der Waals surface area contributed by atoms with E-state index in [1.165, 1.54) is 6.92 Å². The molecule has 0 bridgehead atoms. The number of nitrogens with zero attached hydrogens (tertiary/aromatic N) is 2. The van der Waals surface area contributed by atoms with Crippen molar-refractivity contribution in [2.45, 2.75) is 111 Å². The van der Waals surface area contributed by atoms with E-state index >= 15 is 0 Å². The molecule has 4 rings (SSSR count). The monoisotopic (exact) mass is 795 g/mol. The average molecular weight is 796 g/mol. The maximum absolute atomic E-state index is 14.0. The summed E-state index contributed by atoms with van der Waals surface area (Å²) < 4.78 is 22.4. The van der Waals surface area contributed by atoms with Crippen LogP contribution in [0.3, 0.4) is 0 Å². The zero-order valence-electron chi connectivity index (χ0n) is 34.4. The second-order valence-electron chi connectivity index (χ2n) is 15.7. The van der Waals surface area contributed by atoms with E-state index < -0.39 is 71.8 Å². The van der Waals surface area contributed by atoms with Gasteiger partial charge in [-0.2, -0.15) is 0 Å². The van der Waals surface area contributed by atoms with Crippen LogP contribution in [0.25, 0.3) is 0 Å². The van der Waals surface area contributed by atoms with Gasteiger partial charge in [-0.1, -0.05) is 111 Å². The lowest BCUT2D eigenvalue weighted by molar-refractivity contribution is -0.181. The molecule has 4 aromatic rings. The summed E-state index contributed by atoms with van der Waals surface area (Å²) in [5.74, 6) is -4.26. The van der Waals surface area contributed by atoms with E-state index in [9.17, 15) is 24.3 Å². The molecule has 0 unspecified atom stereocenters. The fraction of sp³-hybridized carbons (Fsp3) is 0.413. The largest absolute Gasteiger partial charge is 0.459 e. The van der Waals surface area contributed by atoms with Gasteiger partial charge in [0.05, 0.1) is 12.0 Å². The van der Waals surface area contributed by atoms with Gasteiger partial charge in [0.15, 0.2) is 6.04 Å². The first-order valence-electron chi connectivity index (χ1n) is 19.6. The number of benzene rings is 3. The van der Waals surface area contributed by atoms with E-state index in [0.717, 1.165) is 16.7 Å². The van der Waals surface area contributed by atoms with Gasteiger partial charge >= 0.3 is 24.0 Å². The Morgan fingerprint density at radius 1 is 0.707 bits per heavy atom. The minimum absolute atomic E-state index is 0.0881. The maximum atomic E-state index is 14.0. The molecule has 12 heteroatoms. The van der Waals surface area contributed by atoms with Gasteiger partial charge in [-0.25, -0.2) is 14.4 Å². The summed E-state index contributed by atoms with van der Waals surface area (Å²) in [5.41, 5.74) is 2.75. The Morgan fingerprint density at radius 2 is 1.24 bits per heavy atom. The summed E-state index contributed by atoms with van der Waals surface area (Å²) in [6, 6.07) is 30.4. The molecule has 1 aromatic heterocycles. The third-order valence-corrected chi connectivity index (χ3v) is 9.37. The molecular formula is C46H57N3O9. The maximum Gasteiger partial charge on any atom is 0.408 e. The quantitative estimate of drug-likeness (QED) is 0.0759. The molecule has 3 aromatic carbocycles. The number of aliphatic hydroxyl groups is 1. The van der Waals surface area contributed by atoms with Crippen molar-refractivity contribution in [3.05, 3.63) is 138 Å². The minimum atomic E-state index is -1.46. The van der Waals surface area contributed by atoms with Crippen molar-refractivity contribution in [1.29, 1.82) is 0 Å². The SMILES string of the molecule is CC(C)[C@@H](OC(=O)[C@H](C)[C@H](O)[C@H](Cc1cccnc1)N(Cc1ccccc1)Cc1ccccc1)C(=O)O[C@H](C)[C@H](NC(=O)OC(C)(C)C)C(=O)OCc1ccccc1. The highest BCUT2D eigenvalue weighted by Crippen LogP contribution is 2.25. The highest BCUT2D eigenvalue weighted by molar-refractivity contribution is 5.84. The molecule has 6 atom stereocenters. The number of amides is 1. The number of rotatable bonds is 19. The number of esters is 3.